The maximum atomic E-state index is 14.4. The molecule has 1 aromatic heterocycles. The van der Waals surface area contributed by atoms with Crippen molar-refractivity contribution in [3.63, 3.8) is 0 Å². The Labute approximate surface area is 294 Å². The summed E-state index contributed by atoms with van der Waals surface area (Å²) in [6.45, 7) is 13.8. The molecule has 2 saturated carbocycles. The summed E-state index contributed by atoms with van der Waals surface area (Å²) in [4.78, 5) is 69.3. The predicted octanol–water partition coefficient (Wildman–Crippen LogP) is 4.18. The minimum absolute atomic E-state index is 0.0779. The SMILES string of the molecule is C#CCCC(NC(=O)[C@@H]1C2[C@@H](CN1C(=O)[C@@H](NC(=O)NC1(CSCc3ccco3)CCCCC1)C(C)(C)C)C2(C)C)C(=O)C(=O)NCC=C. The summed E-state index contributed by atoms with van der Waals surface area (Å²) < 4.78 is 5.49. The van der Waals surface area contributed by atoms with Crippen molar-refractivity contribution in [2.75, 3.05) is 18.8 Å². The Bertz CT molecular complexity index is 1420. The van der Waals surface area contributed by atoms with Crippen LogP contribution in [0.4, 0.5) is 4.79 Å². The molecule has 1 saturated heterocycles. The number of hydrogen-bond donors (Lipinski definition) is 4. The lowest BCUT2D eigenvalue weighted by molar-refractivity contribution is -0.145. The number of carbonyl (C=O) groups is 5. The van der Waals surface area contributed by atoms with Gasteiger partial charge in [0.05, 0.1) is 23.6 Å². The van der Waals surface area contributed by atoms with E-state index in [0.717, 1.165) is 37.9 Å². The fraction of sp³-hybridized carbons (Fsp3) is 0.649. The number of nitrogens with zero attached hydrogens (tertiary/aromatic N) is 1. The smallest absolute Gasteiger partial charge is 0.315 e. The van der Waals surface area contributed by atoms with Crippen LogP contribution < -0.4 is 21.3 Å². The molecule has 3 aliphatic rings. The van der Waals surface area contributed by atoms with Crippen molar-refractivity contribution in [1.82, 2.24) is 26.2 Å². The molecule has 268 valence electrons. The second-order valence-electron chi connectivity index (χ2n) is 15.4. The van der Waals surface area contributed by atoms with Crippen molar-refractivity contribution in [3.8, 4) is 12.3 Å². The molecule has 3 fully saturated rings. The molecule has 11 nitrogen and oxygen atoms in total. The highest BCUT2D eigenvalue weighted by molar-refractivity contribution is 7.98. The molecule has 12 heteroatoms. The lowest BCUT2D eigenvalue weighted by Gasteiger charge is -2.40. The molecule has 1 aliphatic heterocycles. The molecular formula is C37H53N5O6S. The Kier molecular flexibility index (Phi) is 12.3. The van der Waals surface area contributed by atoms with E-state index >= 15 is 0 Å². The topological polar surface area (TPSA) is 150 Å². The van der Waals surface area contributed by atoms with Gasteiger partial charge in [-0.25, -0.2) is 4.79 Å². The summed E-state index contributed by atoms with van der Waals surface area (Å²) in [5, 5.41) is 11.5. The summed E-state index contributed by atoms with van der Waals surface area (Å²) >= 11 is 1.71. The molecule has 2 aliphatic carbocycles. The van der Waals surface area contributed by atoms with E-state index < -0.39 is 52.7 Å². The van der Waals surface area contributed by atoms with Gasteiger partial charge in [-0.15, -0.1) is 18.9 Å². The molecular weight excluding hydrogens is 643 g/mol. The number of carbonyl (C=O) groups excluding carboxylic acids is 5. The van der Waals surface area contributed by atoms with Crippen LogP contribution in [0.25, 0.3) is 0 Å². The number of rotatable bonds is 15. The van der Waals surface area contributed by atoms with Crippen molar-refractivity contribution in [2.24, 2.45) is 22.7 Å². The predicted molar refractivity (Wildman–Crippen MR) is 190 cm³/mol. The Morgan fingerprint density at radius 1 is 1.16 bits per heavy atom. The quantitative estimate of drug-likeness (QED) is 0.122. The standard InChI is InChI=1S/C37H53N5O6S/c1-8-10-16-26(29(43)32(45)38-19-9-2)39-31(44)28-27-25(36(27,6)7)21-42(28)33(46)30(35(3,4)5)40-34(47)41-37(17-12-11-13-18-37)23-49-22-24-15-14-20-48-24/h1,9,14-15,20,25-28,30H,2,10-13,16-19,21-23H2,3-7H3,(H,38,45)(H,39,44)(H2,40,41,47)/t25-,26?,27?,28+,30-/m1/s1. The lowest BCUT2D eigenvalue weighted by atomic mass is 9.83. The molecule has 1 aromatic rings. The van der Waals surface area contributed by atoms with Crippen LogP contribution in [0.2, 0.25) is 0 Å². The largest absolute Gasteiger partial charge is 0.468 e. The zero-order valence-electron chi connectivity index (χ0n) is 29.6. The Morgan fingerprint density at radius 2 is 1.88 bits per heavy atom. The van der Waals surface area contributed by atoms with E-state index in [2.05, 4.69) is 47.6 Å². The number of ketones is 1. The highest BCUT2D eigenvalue weighted by atomic mass is 32.2. The molecule has 0 radical (unpaired) electrons. The van der Waals surface area contributed by atoms with Gasteiger partial charge in [0.25, 0.3) is 5.91 Å². The van der Waals surface area contributed by atoms with Gasteiger partial charge in [0.2, 0.25) is 17.6 Å². The molecule has 4 N–H and O–H groups in total. The van der Waals surface area contributed by atoms with Gasteiger partial charge in [-0.2, -0.15) is 11.8 Å². The van der Waals surface area contributed by atoms with Gasteiger partial charge >= 0.3 is 6.03 Å². The molecule has 0 bridgehead atoms. The van der Waals surface area contributed by atoms with Crippen LogP contribution in [-0.4, -0.2) is 76.9 Å². The second kappa shape index (κ2) is 15.9. The maximum absolute atomic E-state index is 14.4. The van der Waals surface area contributed by atoms with Crippen molar-refractivity contribution in [3.05, 3.63) is 36.8 Å². The van der Waals surface area contributed by atoms with E-state index in [4.69, 9.17) is 10.8 Å². The Morgan fingerprint density at radius 3 is 2.49 bits per heavy atom. The minimum atomic E-state index is -1.15. The number of fused-ring (bicyclic) bond motifs is 1. The zero-order valence-corrected chi connectivity index (χ0v) is 30.4. The number of piperidine rings is 1. The van der Waals surface area contributed by atoms with Crippen LogP contribution in [0, 0.1) is 35.0 Å². The van der Waals surface area contributed by atoms with Gasteiger partial charge in [0, 0.05) is 25.3 Å². The van der Waals surface area contributed by atoms with E-state index in [0.29, 0.717) is 18.1 Å². The van der Waals surface area contributed by atoms with Gasteiger partial charge in [0.15, 0.2) is 0 Å². The number of thioether (sulfide) groups is 1. The first-order valence-corrected chi connectivity index (χ1v) is 18.5. The van der Waals surface area contributed by atoms with Crippen LogP contribution in [0.3, 0.4) is 0 Å². The average Bonchev–Trinajstić information content (AvgIpc) is 3.48. The van der Waals surface area contributed by atoms with Crippen LogP contribution in [0.5, 0.6) is 0 Å². The molecule has 5 amide bonds. The summed E-state index contributed by atoms with van der Waals surface area (Å²) in [6, 6.07) is 0.441. The van der Waals surface area contributed by atoms with Crippen molar-refractivity contribution in [2.45, 2.75) is 109 Å². The minimum Gasteiger partial charge on any atom is -0.468 e. The van der Waals surface area contributed by atoms with Crippen molar-refractivity contribution in [1.29, 1.82) is 0 Å². The van der Waals surface area contributed by atoms with Crippen LogP contribution >= 0.6 is 11.8 Å². The van der Waals surface area contributed by atoms with E-state index in [1.165, 1.54) is 6.08 Å². The molecule has 4 rings (SSSR count). The molecule has 0 aromatic carbocycles. The Balaban J connectivity index is 1.50. The maximum Gasteiger partial charge on any atom is 0.315 e. The van der Waals surface area contributed by atoms with Gasteiger partial charge in [-0.3, -0.25) is 19.2 Å². The average molecular weight is 696 g/mol. The third-order valence-electron chi connectivity index (χ3n) is 10.4. The van der Waals surface area contributed by atoms with Gasteiger partial charge < -0.3 is 30.6 Å². The first-order chi connectivity index (χ1) is 23.1. The van der Waals surface area contributed by atoms with Crippen LogP contribution in [0.15, 0.2) is 35.5 Å². The number of Topliss-reactive ketones (excluding diaryl/α,β-unsaturated/α-hetero) is 1. The summed E-state index contributed by atoms with van der Waals surface area (Å²) in [5.74, 6) is 2.19. The highest BCUT2D eigenvalue weighted by Crippen LogP contribution is 2.65. The number of nitrogens with one attached hydrogen (secondary N) is 4. The number of terminal acetylenes is 1. The van der Waals surface area contributed by atoms with E-state index in [1.807, 2.05) is 32.9 Å². The van der Waals surface area contributed by atoms with Gasteiger partial charge in [-0.05, 0) is 54.1 Å². The number of furan rings is 1. The molecule has 0 spiro atoms. The number of hydrogen-bond acceptors (Lipinski definition) is 7. The van der Waals surface area contributed by atoms with E-state index in [1.54, 1.807) is 22.9 Å². The summed E-state index contributed by atoms with van der Waals surface area (Å²) in [7, 11) is 0. The fourth-order valence-corrected chi connectivity index (χ4v) is 8.69. The lowest BCUT2D eigenvalue weighted by Crippen LogP contribution is -2.63. The summed E-state index contributed by atoms with van der Waals surface area (Å²) in [5.41, 5.74) is -1.29. The number of amides is 5. The zero-order chi connectivity index (χ0) is 36.0. The third-order valence-corrected chi connectivity index (χ3v) is 11.6. The molecule has 5 atom stereocenters. The number of likely N-dealkylation sites (tertiary alicyclic amines) is 1. The van der Waals surface area contributed by atoms with E-state index in [9.17, 15) is 24.0 Å². The molecule has 2 unspecified atom stereocenters. The first-order valence-electron chi connectivity index (χ1n) is 17.3. The van der Waals surface area contributed by atoms with Gasteiger partial charge in [0.1, 0.15) is 17.8 Å². The van der Waals surface area contributed by atoms with Crippen LogP contribution in [-0.2, 0) is 24.9 Å². The highest BCUT2D eigenvalue weighted by Gasteiger charge is 2.70. The second-order valence-corrected chi connectivity index (χ2v) is 16.4. The first kappa shape index (κ1) is 38.1. The number of urea groups is 1. The van der Waals surface area contributed by atoms with Crippen molar-refractivity contribution < 1.29 is 28.4 Å². The third kappa shape index (κ3) is 9.10. The van der Waals surface area contributed by atoms with Crippen LogP contribution in [0.1, 0.15) is 85.3 Å². The summed E-state index contributed by atoms with van der Waals surface area (Å²) in [6.07, 6.45) is 13.6. The van der Waals surface area contributed by atoms with Crippen molar-refractivity contribution >= 4 is 41.3 Å². The normalized spacial score (nSPS) is 23.2. The fourth-order valence-electron chi connectivity index (χ4n) is 7.48. The Hall–Kier alpha value is -3.72. The molecule has 2 heterocycles. The van der Waals surface area contributed by atoms with Gasteiger partial charge in [-0.1, -0.05) is 60.0 Å². The van der Waals surface area contributed by atoms with E-state index in [-0.39, 0.29) is 42.5 Å². The molecule has 49 heavy (non-hydrogen) atoms. The monoisotopic (exact) mass is 695 g/mol.